The first-order valence-corrected chi connectivity index (χ1v) is 4.84. The lowest BCUT2D eigenvalue weighted by atomic mass is 10.0. The van der Waals surface area contributed by atoms with E-state index in [-0.39, 0.29) is 0 Å². The molecule has 1 aromatic rings. The summed E-state index contributed by atoms with van der Waals surface area (Å²) in [6.45, 7) is 4.93. The lowest BCUT2D eigenvalue weighted by Gasteiger charge is -2.41. The standard InChI is InChI=1S/C9H16N4/c1-2-12-6-4-11-9(12)13-5-3-8(13)7-10/h4,6,8H,2-3,5,7,10H2,1H3. The quantitative estimate of drug-likeness (QED) is 0.734. The molecule has 1 aliphatic rings. The molecule has 13 heavy (non-hydrogen) atoms. The number of hydrogen-bond donors (Lipinski definition) is 1. The Morgan fingerprint density at radius 2 is 2.54 bits per heavy atom. The molecule has 4 nitrogen and oxygen atoms in total. The number of hydrogen-bond acceptors (Lipinski definition) is 3. The summed E-state index contributed by atoms with van der Waals surface area (Å²) in [4.78, 5) is 6.62. The predicted octanol–water partition coefficient (Wildman–Crippen LogP) is 0.440. The van der Waals surface area contributed by atoms with E-state index in [1.54, 1.807) is 0 Å². The van der Waals surface area contributed by atoms with Crippen LogP contribution in [-0.2, 0) is 6.54 Å². The van der Waals surface area contributed by atoms with E-state index in [2.05, 4.69) is 21.4 Å². The average Bonchev–Trinajstić information content (AvgIpc) is 2.51. The zero-order valence-electron chi connectivity index (χ0n) is 7.98. The van der Waals surface area contributed by atoms with Gasteiger partial charge in [-0.1, -0.05) is 0 Å². The Labute approximate surface area is 78.4 Å². The number of imidazole rings is 1. The van der Waals surface area contributed by atoms with Crippen molar-refractivity contribution in [1.82, 2.24) is 9.55 Å². The fourth-order valence-electron chi connectivity index (χ4n) is 1.76. The maximum atomic E-state index is 5.64. The maximum absolute atomic E-state index is 5.64. The zero-order chi connectivity index (χ0) is 9.26. The van der Waals surface area contributed by atoms with E-state index in [0.717, 1.165) is 25.6 Å². The number of aryl methyl sites for hydroxylation is 1. The second-order valence-electron chi connectivity index (χ2n) is 3.38. The molecular formula is C9H16N4. The van der Waals surface area contributed by atoms with Gasteiger partial charge in [0.15, 0.2) is 0 Å². The number of rotatable bonds is 3. The molecule has 72 valence electrons. The summed E-state index contributed by atoms with van der Waals surface area (Å²) in [5.41, 5.74) is 5.64. The molecule has 1 saturated heterocycles. The van der Waals surface area contributed by atoms with Gasteiger partial charge in [0.25, 0.3) is 0 Å². The molecule has 1 fully saturated rings. The van der Waals surface area contributed by atoms with E-state index in [9.17, 15) is 0 Å². The van der Waals surface area contributed by atoms with Gasteiger partial charge in [0, 0.05) is 38.1 Å². The van der Waals surface area contributed by atoms with E-state index in [1.165, 1.54) is 6.42 Å². The molecule has 2 rings (SSSR count). The minimum atomic E-state index is 0.507. The van der Waals surface area contributed by atoms with Gasteiger partial charge >= 0.3 is 0 Å². The molecule has 0 amide bonds. The topological polar surface area (TPSA) is 47.1 Å². The van der Waals surface area contributed by atoms with Crippen LogP contribution in [0.5, 0.6) is 0 Å². The monoisotopic (exact) mass is 180 g/mol. The van der Waals surface area contributed by atoms with Crippen molar-refractivity contribution in [2.75, 3.05) is 18.0 Å². The maximum Gasteiger partial charge on any atom is 0.205 e. The van der Waals surface area contributed by atoms with Gasteiger partial charge in [0.2, 0.25) is 5.95 Å². The van der Waals surface area contributed by atoms with Crippen LogP contribution < -0.4 is 10.6 Å². The molecule has 1 aliphatic heterocycles. The molecule has 0 bridgehead atoms. The zero-order valence-corrected chi connectivity index (χ0v) is 7.98. The Balaban J connectivity index is 2.15. The SMILES string of the molecule is CCn1ccnc1N1CCC1CN. The van der Waals surface area contributed by atoms with Crippen LogP contribution in [0.25, 0.3) is 0 Å². The van der Waals surface area contributed by atoms with E-state index < -0.39 is 0 Å². The molecule has 0 saturated carbocycles. The number of nitrogens with two attached hydrogens (primary N) is 1. The molecule has 0 radical (unpaired) electrons. The normalized spacial score (nSPS) is 21.7. The van der Waals surface area contributed by atoms with Crippen LogP contribution >= 0.6 is 0 Å². The summed E-state index contributed by atoms with van der Waals surface area (Å²) in [5.74, 6) is 1.07. The highest BCUT2D eigenvalue weighted by Crippen LogP contribution is 2.23. The van der Waals surface area contributed by atoms with Crippen LogP contribution in [-0.4, -0.2) is 28.7 Å². The van der Waals surface area contributed by atoms with Crippen LogP contribution in [0, 0.1) is 0 Å². The molecule has 2 N–H and O–H groups in total. The largest absolute Gasteiger partial charge is 0.338 e. The van der Waals surface area contributed by atoms with Gasteiger partial charge < -0.3 is 15.2 Å². The Morgan fingerprint density at radius 1 is 1.69 bits per heavy atom. The Morgan fingerprint density at radius 3 is 3.08 bits per heavy atom. The number of anilines is 1. The number of nitrogens with zero attached hydrogens (tertiary/aromatic N) is 3. The van der Waals surface area contributed by atoms with Crippen LogP contribution in [0.15, 0.2) is 12.4 Å². The average molecular weight is 180 g/mol. The first-order chi connectivity index (χ1) is 6.36. The van der Waals surface area contributed by atoms with Gasteiger partial charge in [-0.15, -0.1) is 0 Å². The third-order valence-electron chi connectivity index (χ3n) is 2.71. The van der Waals surface area contributed by atoms with E-state index in [1.807, 2.05) is 12.4 Å². The van der Waals surface area contributed by atoms with Crippen molar-refractivity contribution < 1.29 is 0 Å². The van der Waals surface area contributed by atoms with Crippen molar-refractivity contribution in [2.24, 2.45) is 5.73 Å². The molecular weight excluding hydrogens is 164 g/mol. The van der Waals surface area contributed by atoms with Gasteiger partial charge in [-0.25, -0.2) is 4.98 Å². The number of aromatic nitrogens is 2. The highest BCUT2D eigenvalue weighted by Gasteiger charge is 2.29. The smallest absolute Gasteiger partial charge is 0.205 e. The molecule has 1 aromatic heterocycles. The van der Waals surface area contributed by atoms with Crippen LogP contribution in [0.4, 0.5) is 5.95 Å². The van der Waals surface area contributed by atoms with Gasteiger partial charge in [0.05, 0.1) is 0 Å². The lowest BCUT2D eigenvalue weighted by molar-refractivity contribution is 0.439. The first kappa shape index (κ1) is 8.56. The van der Waals surface area contributed by atoms with Gasteiger partial charge in [-0.05, 0) is 13.3 Å². The fraction of sp³-hybridized carbons (Fsp3) is 0.667. The molecule has 0 spiro atoms. The van der Waals surface area contributed by atoms with Crippen LogP contribution in [0.1, 0.15) is 13.3 Å². The third-order valence-corrected chi connectivity index (χ3v) is 2.71. The van der Waals surface area contributed by atoms with E-state index in [0.29, 0.717) is 6.04 Å². The Hall–Kier alpha value is -1.03. The summed E-state index contributed by atoms with van der Waals surface area (Å²) in [6.07, 6.45) is 5.07. The van der Waals surface area contributed by atoms with Gasteiger partial charge in [-0.2, -0.15) is 0 Å². The minimum absolute atomic E-state index is 0.507. The molecule has 4 heteroatoms. The van der Waals surface area contributed by atoms with E-state index in [4.69, 9.17) is 5.73 Å². The van der Waals surface area contributed by atoms with Crippen molar-refractivity contribution in [1.29, 1.82) is 0 Å². The van der Waals surface area contributed by atoms with Crippen molar-refractivity contribution in [2.45, 2.75) is 25.9 Å². The summed E-state index contributed by atoms with van der Waals surface area (Å²) >= 11 is 0. The van der Waals surface area contributed by atoms with Gasteiger partial charge in [-0.3, -0.25) is 0 Å². The second-order valence-corrected chi connectivity index (χ2v) is 3.38. The van der Waals surface area contributed by atoms with Gasteiger partial charge in [0.1, 0.15) is 0 Å². The van der Waals surface area contributed by atoms with Crippen molar-refractivity contribution in [3.63, 3.8) is 0 Å². The highest BCUT2D eigenvalue weighted by molar-refractivity contribution is 5.37. The Bertz CT molecular complexity index is 279. The summed E-state index contributed by atoms with van der Waals surface area (Å²) in [7, 11) is 0. The third kappa shape index (κ3) is 1.31. The molecule has 0 aromatic carbocycles. The minimum Gasteiger partial charge on any atom is -0.338 e. The predicted molar refractivity (Wildman–Crippen MR) is 52.7 cm³/mol. The summed E-state index contributed by atoms with van der Waals surface area (Å²) in [6, 6.07) is 0.507. The second kappa shape index (κ2) is 3.38. The molecule has 2 heterocycles. The Kier molecular flexibility index (Phi) is 2.22. The molecule has 1 unspecified atom stereocenters. The highest BCUT2D eigenvalue weighted by atomic mass is 15.4. The molecule has 1 atom stereocenters. The van der Waals surface area contributed by atoms with E-state index >= 15 is 0 Å². The van der Waals surface area contributed by atoms with Crippen LogP contribution in [0.2, 0.25) is 0 Å². The fourth-order valence-corrected chi connectivity index (χ4v) is 1.76. The van der Waals surface area contributed by atoms with Crippen molar-refractivity contribution in [3.05, 3.63) is 12.4 Å². The first-order valence-electron chi connectivity index (χ1n) is 4.84. The summed E-state index contributed by atoms with van der Waals surface area (Å²) < 4.78 is 2.15. The lowest BCUT2D eigenvalue weighted by Crippen LogP contribution is -2.53. The van der Waals surface area contributed by atoms with Crippen molar-refractivity contribution >= 4 is 5.95 Å². The molecule has 0 aliphatic carbocycles. The summed E-state index contributed by atoms with van der Waals surface area (Å²) in [5, 5.41) is 0. The van der Waals surface area contributed by atoms with Crippen LogP contribution in [0.3, 0.4) is 0 Å². The van der Waals surface area contributed by atoms with Crippen molar-refractivity contribution in [3.8, 4) is 0 Å².